The van der Waals surface area contributed by atoms with Crippen LogP contribution in [-0.2, 0) is 6.54 Å². The van der Waals surface area contributed by atoms with Gasteiger partial charge in [-0.3, -0.25) is 4.68 Å². The second-order valence-corrected chi connectivity index (χ2v) is 4.97. The molecule has 0 saturated heterocycles. The van der Waals surface area contributed by atoms with Crippen LogP contribution in [0.3, 0.4) is 0 Å². The first-order valence-electron chi connectivity index (χ1n) is 6.10. The predicted octanol–water partition coefficient (Wildman–Crippen LogP) is 2.08. The van der Waals surface area contributed by atoms with Gasteiger partial charge in [-0.05, 0) is 38.0 Å². The Hall–Kier alpha value is -1.10. The SMILES string of the molecule is CCn1ccc(C(C)NC(=S)NCC(C)C)n1. The van der Waals surface area contributed by atoms with Gasteiger partial charge in [0.2, 0.25) is 0 Å². The first-order chi connectivity index (χ1) is 8.02. The number of rotatable bonds is 5. The Balaban J connectivity index is 2.42. The summed E-state index contributed by atoms with van der Waals surface area (Å²) >= 11 is 5.23. The lowest BCUT2D eigenvalue weighted by Crippen LogP contribution is -2.38. The van der Waals surface area contributed by atoms with Crippen molar-refractivity contribution in [2.45, 2.75) is 40.3 Å². The lowest BCUT2D eigenvalue weighted by molar-refractivity contribution is 0.592. The summed E-state index contributed by atoms with van der Waals surface area (Å²) in [7, 11) is 0. The van der Waals surface area contributed by atoms with Crippen molar-refractivity contribution in [2.24, 2.45) is 5.92 Å². The highest BCUT2D eigenvalue weighted by atomic mass is 32.1. The van der Waals surface area contributed by atoms with E-state index in [0.29, 0.717) is 11.0 Å². The molecule has 1 unspecified atom stereocenters. The van der Waals surface area contributed by atoms with E-state index in [2.05, 4.69) is 43.4 Å². The van der Waals surface area contributed by atoms with Crippen molar-refractivity contribution in [2.75, 3.05) is 6.54 Å². The van der Waals surface area contributed by atoms with Gasteiger partial charge in [0, 0.05) is 19.3 Å². The zero-order chi connectivity index (χ0) is 12.8. The van der Waals surface area contributed by atoms with Gasteiger partial charge in [0.25, 0.3) is 0 Å². The topological polar surface area (TPSA) is 41.9 Å². The molecule has 0 spiro atoms. The maximum Gasteiger partial charge on any atom is 0.166 e. The third kappa shape index (κ3) is 4.73. The number of nitrogens with zero attached hydrogens (tertiary/aromatic N) is 2. The zero-order valence-corrected chi connectivity index (χ0v) is 11.8. The molecule has 1 aromatic heterocycles. The fraction of sp³-hybridized carbons (Fsp3) is 0.667. The summed E-state index contributed by atoms with van der Waals surface area (Å²) in [6, 6.07) is 2.15. The van der Waals surface area contributed by atoms with E-state index >= 15 is 0 Å². The van der Waals surface area contributed by atoms with Crippen LogP contribution in [0.25, 0.3) is 0 Å². The maximum absolute atomic E-state index is 5.23. The molecule has 1 aromatic rings. The smallest absolute Gasteiger partial charge is 0.166 e. The fourth-order valence-corrected chi connectivity index (χ4v) is 1.66. The quantitative estimate of drug-likeness (QED) is 0.790. The summed E-state index contributed by atoms with van der Waals surface area (Å²) < 4.78 is 1.91. The summed E-state index contributed by atoms with van der Waals surface area (Å²) in [5.41, 5.74) is 1.01. The Morgan fingerprint density at radius 2 is 2.18 bits per heavy atom. The second-order valence-electron chi connectivity index (χ2n) is 4.57. The molecule has 1 atom stereocenters. The predicted molar refractivity (Wildman–Crippen MR) is 74.9 cm³/mol. The lowest BCUT2D eigenvalue weighted by Gasteiger charge is -2.16. The van der Waals surface area contributed by atoms with Crippen molar-refractivity contribution in [3.05, 3.63) is 18.0 Å². The van der Waals surface area contributed by atoms with Crippen LogP contribution in [0.5, 0.6) is 0 Å². The second kappa shape index (κ2) is 6.59. The largest absolute Gasteiger partial charge is 0.362 e. The van der Waals surface area contributed by atoms with Crippen LogP contribution in [0.2, 0.25) is 0 Å². The average molecular weight is 254 g/mol. The number of hydrogen-bond donors (Lipinski definition) is 2. The van der Waals surface area contributed by atoms with Gasteiger partial charge in [0.05, 0.1) is 11.7 Å². The van der Waals surface area contributed by atoms with Gasteiger partial charge in [-0.1, -0.05) is 13.8 Å². The van der Waals surface area contributed by atoms with Crippen LogP contribution in [0.15, 0.2) is 12.3 Å². The highest BCUT2D eigenvalue weighted by Gasteiger charge is 2.09. The van der Waals surface area contributed by atoms with Crippen LogP contribution >= 0.6 is 12.2 Å². The molecule has 0 aliphatic carbocycles. The Bertz CT molecular complexity index is 359. The third-order valence-corrected chi connectivity index (χ3v) is 2.71. The molecule has 1 heterocycles. The Labute approximate surface area is 109 Å². The number of nitrogens with one attached hydrogen (secondary N) is 2. The Morgan fingerprint density at radius 3 is 2.71 bits per heavy atom. The molecule has 4 nitrogen and oxygen atoms in total. The molecule has 0 bridgehead atoms. The summed E-state index contributed by atoms with van der Waals surface area (Å²) in [6.07, 6.45) is 1.98. The van der Waals surface area contributed by atoms with Crippen LogP contribution in [0.4, 0.5) is 0 Å². The van der Waals surface area contributed by atoms with Crippen LogP contribution < -0.4 is 10.6 Å². The number of hydrogen-bond acceptors (Lipinski definition) is 2. The molecule has 0 aliphatic heterocycles. The average Bonchev–Trinajstić information content (AvgIpc) is 2.74. The van der Waals surface area contributed by atoms with Crippen molar-refractivity contribution in [3.63, 3.8) is 0 Å². The normalized spacial score (nSPS) is 12.5. The first kappa shape index (κ1) is 14.0. The monoisotopic (exact) mass is 254 g/mol. The van der Waals surface area contributed by atoms with Gasteiger partial charge < -0.3 is 10.6 Å². The molecule has 0 radical (unpaired) electrons. The molecule has 0 aromatic carbocycles. The molecule has 0 amide bonds. The summed E-state index contributed by atoms with van der Waals surface area (Å²) in [6.45, 7) is 10.2. The minimum atomic E-state index is 0.134. The van der Waals surface area contributed by atoms with Gasteiger partial charge in [0.15, 0.2) is 5.11 Å². The summed E-state index contributed by atoms with van der Waals surface area (Å²) in [5, 5.41) is 11.6. The molecular formula is C12H22N4S. The van der Waals surface area contributed by atoms with Gasteiger partial charge in [0.1, 0.15) is 0 Å². The first-order valence-corrected chi connectivity index (χ1v) is 6.51. The van der Waals surface area contributed by atoms with Crippen molar-refractivity contribution in [3.8, 4) is 0 Å². The van der Waals surface area contributed by atoms with E-state index in [1.54, 1.807) is 0 Å². The van der Waals surface area contributed by atoms with E-state index in [1.165, 1.54) is 0 Å². The standard InChI is InChI=1S/C12H22N4S/c1-5-16-7-6-11(15-16)10(4)14-12(17)13-8-9(2)3/h6-7,9-10H,5,8H2,1-4H3,(H2,13,14,17). The van der Waals surface area contributed by atoms with E-state index in [9.17, 15) is 0 Å². The van der Waals surface area contributed by atoms with Crippen molar-refractivity contribution in [1.82, 2.24) is 20.4 Å². The number of aromatic nitrogens is 2. The minimum Gasteiger partial charge on any atom is -0.362 e. The van der Waals surface area contributed by atoms with Crippen molar-refractivity contribution >= 4 is 17.3 Å². The van der Waals surface area contributed by atoms with Gasteiger partial charge >= 0.3 is 0 Å². The molecule has 5 heteroatoms. The van der Waals surface area contributed by atoms with Crippen molar-refractivity contribution < 1.29 is 0 Å². The lowest BCUT2D eigenvalue weighted by atomic mass is 10.2. The molecule has 0 saturated carbocycles. The Kier molecular flexibility index (Phi) is 5.41. The molecule has 0 fully saturated rings. The van der Waals surface area contributed by atoms with Crippen LogP contribution in [0, 0.1) is 5.92 Å². The minimum absolute atomic E-state index is 0.134. The molecule has 0 aliphatic rings. The molecular weight excluding hydrogens is 232 g/mol. The number of thiocarbonyl (C=S) groups is 1. The maximum atomic E-state index is 5.23. The molecule has 2 N–H and O–H groups in total. The third-order valence-electron chi connectivity index (χ3n) is 2.45. The Morgan fingerprint density at radius 1 is 1.47 bits per heavy atom. The van der Waals surface area contributed by atoms with E-state index in [-0.39, 0.29) is 6.04 Å². The highest BCUT2D eigenvalue weighted by molar-refractivity contribution is 7.80. The van der Waals surface area contributed by atoms with E-state index in [1.807, 2.05) is 16.9 Å². The van der Waals surface area contributed by atoms with E-state index in [0.717, 1.165) is 18.8 Å². The van der Waals surface area contributed by atoms with Crippen molar-refractivity contribution in [1.29, 1.82) is 0 Å². The van der Waals surface area contributed by atoms with E-state index in [4.69, 9.17) is 12.2 Å². The van der Waals surface area contributed by atoms with Gasteiger partial charge in [-0.25, -0.2) is 0 Å². The highest BCUT2D eigenvalue weighted by Crippen LogP contribution is 2.08. The van der Waals surface area contributed by atoms with Crippen LogP contribution in [-0.4, -0.2) is 21.4 Å². The molecule has 1 rings (SSSR count). The molecule has 17 heavy (non-hydrogen) atoms. The fourth-order valence-electron chi connectivity index (χ4n) is 1.40. The van der Waals surface area contributed by atoms with E-state index < -0.39 is 0 Å². The van der Waals surface area contributed by atoms with Gasteiger partial charge in [-0.15, -0.1) is 0 Å². The summed E-state index contributed by atoms with van der Waals surface area (Å²) in [4.78, 5) is 0. The summed E-state index contributed by atoms with van der Waals surface area (Å²) in [5.74, 6) is 0.587. The number of aryl methyl sites for hydroxylation is 1. The molecule has 96 valence electrons. The zero-order valence-electron chi connectivity index (χ0n) is 11.0. The van der Waals surface area contributed by atoms with Gasteiger partial charge in [-0.2, -0.15) is 5.10 Å². The van der Waals surface area contributed by atoms with Crippen LogP contribution in [0.1, 0.15) is 39.4 Å².